The number of nitrogens with one attached hydrogen (secondary N) is 1. The number of hydrogen-bond donors (Lipinski definition) is 2. The maximum atomic E-state index is 12.0. The Labute approximate surface area is 113 Å². The molecule has 112 valence electrons. The van der Waals surface area contributed by atoms with E-state index in [1.165, 1.54) is 19.1 Å². The molecule has 0 fully saturated rings. The van der Waals surface area contributed by atoms with E-state index in [-0.39, 0.29) is 12.3 Å². The zero-order chi connectivity index (χ0) is 15.4. The van der Waals surface area contributed by atoms with E-state index in [2.05, 4.69) is 14.8 Å². The number of carbonyl (C=O) groups excluding carboxylic acids is 1. The van der Waals surface area contributed by atoms with E-state index in [4.69, 9.17) is 0 Å². The molecule has 1 rings (SSSR count). The number of aliphatic hydroxyl groups is 1. The van der Waals surface area contributed by atoms with E-state index < -0.39 is 17.9 Å². The van der Waals surface area contributed by atoms with Crippen molar-refractivity contribution in [2.24, 2.45) is 0 Å². The fourth-order valence-corrected chi connectivity index (χ4v) is 1.34. The molecule has 0 heterocycles. The third-order valence-corrected chi connectivity index (χ3v) is 2.35. The smallest absolute Gasteiger partial charge is 0.467 e. The van der Waals surface area contributed by atoms with Crippen LogP contribution >= 0.6 is 0 Å². The van der Waals surface area contributed by atoms with Crippen molar-refractivity contribution in [1.29, 1.82) is 0 Å². The third kappa shape index (κ3) is 4.96. The van der Waals surface area contributed by atoms with Gasteiger partial charge in [-0.05, 0) is 31.2 Å². The quantitative estimate of drug-likeness (QED) is 0.812. The largest absolute Gasteiger partial charge is 0.573 e. The summed E-state index contributed by atoms with van der Waals surface area (Å²) in [5.74, 6) is -1.18. The van der Waals surface area contributed by atoms with Crippen LogP contribution in [0.25, 0.3) is 0 Å². The molecule has 0 saturated carbocycles. The van der Waals surface area contributed by atoms with Crippen LogP contribution in [0.4, 0.5) is 18.9 Å². The van der Waals surface area contributed by atoms with Crippen LogP contribution in [0.1, 0.15) is 6.92 Å². The highest BCUT2D eigenvalue weighted by molar-refractivity contribution is 5.79. The Balaban J connectivity index is 2.60. The Morgan fingerprint density at radius 2 is 1.85 bits per heavy atom. The van der Waals surface area contributed by atoms with Gasteiger partial charge in [0.05, 0.1) is 13.7 Å². The molecule has 0 saturated heterocycles. The summed E-state index contributed by atoms with van der Waals surface area (Å²) >= 11 is 0. The van der Waals surface area contributed by atoms with E-state index in [9.17, 15) is 23.1 Å². The van der Waals surface area contributed by atoms with Crippen molar-refractivity contribution in [3.63, 3.8) is 0 Å². The van der Waals surface area contributed by atoms with Gasteiger partial charge >= 0.3 is 12.3 Å². The first-order valence-electron chi connectivity index (χ1n) is 5.54. The van der Waals surface area contributed by atoms with Gasteiger partial charge in [0.2, 0.25) is 0 Å². The molecule has 0 amide bonds. The second-order valence-electron chi connectivity index (χ2n) is 4.19. The van der Waals surface area contributed by atoms with E-state index in [0.717, 1.165) is 19.2 Å². The number of hydrogen-bond acceptors (Lipinski definition) is 5. The Kier molecular flexibility index (Phi) is 4.83. The van der Waals surface area contributed by atoms with Gasteiger partial charge in [-0.3, -0.25) is 0 Å². The lowest BCUT2D eigenvalue weighted by Crippen LogP contribution is -2.42. The first kappa shape index (κ1) is 16.1. The molecule has 5 nitrogen and oxygen atoms in total. The predicted octanol–water partition coefficient (Wildman–Crippen LogP) is 1.92. The molecule has 0 bridgehead atoms. The molecule has 0 spiro atoms. The summed E-state index contributed by atoms with van der Waals surface area (Å²) in [6, 6.07) is 4.88. The molecule has 0 aliphatic carbocycles. The number of methoxy groups -OCH3 is 1. The Morgan fingerprint density at radius 3 is 2.30 bits per heavy atom. The molecule has 1 unspecified atom stereocenters. The number of carbonyl (C=O) groups is 1. The number of benzene rings is 1. The lowest BCUT2D eigenvalue weighted by Gasteiger charge is -2.21. The van der Waals surface area contributed by atoms with E-state index >= 15 is 0 Å². The number of rotatable bonds is 5. The standard InChI is InChI=1S/C12H14F3NO4/c1-11(18,10(17)19-2)7-16-8-3-5-9(6-4-8)20-12(13,14)15/h3-6,16,18H,7H2,1-2H3. The molecule has 0 aliphatic heterocycles. The van der Waals surface area contributed by atoms with Crippen molar-refractivity contribution in [1.82, 2.24) is 0 Å². The minimum Gasteiger partial charge on any atom is -0.467 e. The highest BCUT2D eigenvalue weighted by Gasteiger charge is 2.32. The van der Waals surface area contributed by atoms with Gasteiger partial charge in [0.25, 0.3) is 0 Å². The molecule has 20 heavy (non-hydrogen) atoms. The number of esters is 1. The average molecular weight is 293 g/mol. The predicted molar refractivity (Wildman–Crippen MR) is 64.3 cm³/mol. The van der Waals surface area contributed by atoms with Crippen molar-refractivity contribution in [2.75, 3.05) is 19.0 Å². The van der Waals surface area contributed by atoms with Gasteiger partial charge in [-0.25, -0.2) is 4.79 Å². The van der Waals surface area contributed by atoms with Crippen LogP contribution in [0, 0.1) is 0 Å². The van der Waals surface area contributed by atoms with Crippen molar-refractivity contribution >= 4 is 11.7 Å². The SMILES string of the molecule is COC(=O)C(C)(O)CNc1ccc(OC(F)(F)F)cc1. The van der Waals surface area contributed by atoms with E-state index in [0.29, 0.717) is 5.69 Å². The summed E-state index contributed by atoms with van der Waals surface area (Å²) < 4.78 is 44.0. The topological polar surface area (TPSA) is 67.8 Å². The van der Waals surface area contributed by atoms with Crippen LogP contribution in [-0.2, 0) is 9.53 Å². The molecule has 2 N–H and O–H groups in total. The van der Waals surface area contributed by atoms with Crippen molar-refractivity contribution in [3.8, 4) is 5.75 Å². The summed E-state index contributed by atoms with van der Waals surface area (Å²) in [5.41, 5.74) is -1.32. The number of halogens is 3. The minimum atomic E-state index is -4.75. The molecule has 1 atom stereocenters. The second-order valence-corrected chi connectivity index (χ2v) is 4.19. The van der Waals surface area contributed by atoms with Gasteiger partial charge in [-0.2, -0.15) is 0 Å². The molecular weight excluding hydrogens is 279 g/mol. The van der Waals surface area contributed by atoms with Crippen LogP contribution in [-0.4, -0.2) is 36.7 Å². The molecule has 1 aromatic carbocycles. The first-order chi connectivity index (χ1) is 9.14. The van der Waals surface area contributed by atoms with Gasteiger partial charge in [-0.15, -0.1) is 13.2 Å². The number of ether oxygens (including phenoxy) is 2. The Hall–Kier alpha value is -1.96. The van der Waals surface area contributed by atoms with E-state index in [1.54, 1.807) is 0 Å². The molecule has 0 aliphatic rings. The molecular formula is C12H14F3NO4. The highest BCUT2D eigenvalue weighted by Crippen LogP contribution is 2.24. The lowest BCUT2D eigenvalue weighted by atomic mass is 10.1. The van der Waals surface area contributed by atoms with Crippen LogP contribution in [0.15, 0.2) is 24.3 Å². The maximum Gasteiger partial charge on any atom is 0.573 e. The summed E-state index contributed by atoms with van der Waals surface area (Å²) in [7, 11) is 1.14. The third-order valence-electron chi connectivity index (χ3n) is 2.35. The van der Waals surface area contributed by atoms with Crippen LogP contribution < -0.4 is 10.1 Å². The normalized spacial score (nSPS) is 14.3. The van der Waals surface area contributed by atoms with Crippen molar-refractivity contribution in [3.05, 3.63) is 24.3 Å². The summed E-state index contributed by atoms with van der Waals surface area (Å²) in [4.78, 5) is 11.2. The zero-order valence-corrected chi connectivity index (χ0v) is 10.8. The Bertz CT molecular complexity index is 457. The average Bonchev–Trinajstić information content (AvgIpc) is 2.35. The summed E-state index contributed by atoms with van der Waals surface area (Å²) in [6.07, 6.45) is -4.75. The summed E-state index contributed by atoms with van der Waals surface area (Å²) in [6.45, 7) is 1.10. The molecule has 0 aromatic heterocycles. The van der Waals surface area contributed by atoms with Crippen LogP contribution in [0.2, 0.25) is 0 Å². The van der Waals surface area contributed by atoms with Gasteiger partial charge in [0.15, 0.2) is 5.60 Å². The van der Waals surface area contributed by atoms with Crippen molar-refractivity contribution < 1.29 is 32.5 Å². The minimum absolute atomic E-state index is 0.154. The van der Waals surface area contributed by atoms with Gasteiger partial charge < -0.3 is 19.9 Å². The Morgan fingerprint density at radius 1 is 1.30 bits per heavy atom. The first-order valence-corrected chi connectivity index (χ1v) is 5.54. The molecule has 8 heteroatoms. The lowest BCUT2D eigenvalue weighted by molar-refractivity contribution is -0.274. The van der Waals surface area contributed by atoms with Crippen LogP contribution in [0.3, 0.4) is 0 Å². The maximum absolute atomic E-state index is 12.0. The molecule has 1 aromatic rings. The summed E-state index contributed by atoms with van der Waals surface area (Å²) in [5, 5.41) is 12.4. The highest BCUT2D eigenvalue weighted by atomic mass is 19.4. The van der Waals surface area contributed by atoms with Gasteiger partial charge in [0.1, 0.15) is 5.75 Å². The van der Waals surface area contributed by atoms with Gasteiger partial charge in [0, 0.05) is 5.69 Å². The fourth-order valence-electron chi connectivity index (χ4n) is 1.34. The fraction of sp³-hybridized carbons (Fsp3) is 0.417. The molecule has 0 radical (unpaired) electrons. The van der Waals surface area contributed by atoms with E-state index in [1.807, 2.05) is 0 Å². The number of alkyl halides is 3. The second kappa shape index (κ2) is 6.00. The number of anilines is 1. The zero-order valence-electron chi connectivity index (χ0n) is 10.8. The van der Waals surface area contributed by atoms with Crippen LogP contribution in [0.5, 0.6) is 5.75 Å². The van der Waals surface area contributed by atoms with Gasteiger partial charge in [-0.1, -0.05) is 0 Å². The monoisotopic (exact) mass is 293 g/mol. The van der Waals surface area contributed by atoms with Crippen molar-refractivity contribution in [2.45, 2.75) is 18.9 Å².